The van der Waals surface area contributed by atoms with Gasteiger partial charge in [-0.15, -0.1) is 23.1 Å². The van der Waals surface area contributed by atoms with Crippen LogP contribution in [0.15, 0.2) is 34.5 Å². The molecule has 2 nitrogen and oxygen atoms in total. The smallest absolute Gasteiger partial charge is 0.256 e. The molecule has 0 aliphatic heterocycles. The summed E-state index contributed by atoms with van der Waals surface area (Å²) in [5.74, 6) is 0.734. The maximum atomic E-state index is 12.7. The maximum Gasteiger partial charge on any atom is 0.256 e. The van der Waals surface area contributed by atoms with Gasteiger partial charge in [-0.25, -0.2) is 0 Å². The molecule has 1 atom stereocenters. The summed E-state index contributed by atoms with van der Waals surface area (Å²) in [4.78, 5) is 15.3. The van der Waals surface area contributed by atoms with Crippen molar-refractivity contribution in [3.05, 3.63) is 45.6 Å². The van der Waals surface area contributed by atoms with Crippen LogP contribution in [0.5, 0.6) is 0 Å². The van der Waals surface area contributed by atoms with E-state index >= 15 is 0 Å². The van der Waals surface area contributed by atoms with E-state index < -0.39 is 0 Å². The zero-order valence-electron chi connectivity index (χ0n) is 14.8. The molecular formula is C20H25NOS2. The van der Waals surface area contributed by atoms with Gasteiger partial charge < -0.3 is 5.32 Å². The fourth-order valence-corrected chi connectivity index (χ4v) is 4.96. The van der Waals surface area contributed by atoms with Crippen molar-refractivity contribution in [1.82, 2.24) is 0 Å². The van der Waals surface area contributed by atoms with Gasteiger partial charge >= 0.3 is 0 Å². The van der Waals surface area contributed by atoms with Gasteiger partial charge in [-0.3, -0.25) is 4.79 Å². The number of amides is 1. The van der Waals surface area contributed by atoms with Crippen LogP contribution in [0.2, 0.25) is 0 Å². The molecule has 0 radical (unpaired) electrons. The minimum absolute atomic E-state index is 0.0277. The fraction of sp³-hybridized carbons (Fsp3) is 0.450. The fourth-order valence-electron chi connectivity index (χ4n) is 3.34. The molecule has 0 fully saturated rings. The van der Waals surface area contributed by atoms with Gasteiger partial charge in [0.05, 0.1) is 5.56 Å². The lowest BCUT2D eigenvalue weighted by Gasteiger charge is -2.34. The molecule has 0 saturated heterocycles. The minimum Gasteiger partial charge on any atom is -0.322 e. The van der Waals surface area contributed by atoms with Crippen molar-refractivity contribution in [2.45, 2.75) is 44.9 Å². The summed E-state index contributed by atoms with van der Waals surface area (Å²) < 4.78 is 0. The average Bonchev–Trinajstić information content (AvgIpc) is 2.97. The highest BCUT2D eigenvalue weighted by molar-refractivity contribution is 7.98. The molecular weight excluding hydrogens is 334 g/mol. The van der Waals surface area contributed by atoms with Crippen molar-refractivity contribution in [3.63, 3.8) is 0 Å². The molecule has 128 valence electrons. The lowest BCUT2D eigenvalue weighted by molar-refractivity contribution is 0.102. The van der Waals surface area contributed by atoms with Crippen LogP contribution >= 0.6 is 23.1 Å². The third-order valence-electron chi connectivity index (χ3n) is 4.95. The Bertz CT molecular complexity index is 742. The van der Waals surface area contributed by atoms with E-state index in [1.165, 1.54) is 16.9 Å². The number of nitrogens with one attached hydrogen (secondary N) is 1. The van der Waals surface area contributed by atoms with Crippen LogP contribution in [0.25, 0.3) is 0 Å². The lowest BCUT2D eigenvalue weighted by atomic mass is 9.72. The molecule has 24 heavy (non-hydrogen) atoms. The normalized spacial score (nSPS) is 17.4. The van der Waals surface area contributed by atoms with Crippen molar-refractivity contribution < 1.29 is 4.79 Å². The summed E-state index contributed by atoms with van der Waals surface area (Å²) in [7, 11) is 0. The summed E-state index contributed by atoms with van der Waals surface area (Å²) in [6, 6.07) is 8.01. The highest BCUT2D eigenvalue weighted by Crippen LogP contribution is 2.40. The summed E-state index contributed by atoms with van der Waals surface area (Å²) in [5.41, 5.74) is 3.36. The third kappa shape index (κ3) is 3.70. The number of fused-ring (bicyclic) bond motifs is 1. The summed E-state index contributed by atoms with van der Waals surface area (Å²) >= 11 is 3.44. The number of benzene rings is 1. The molecule has 1 aromatic carbocycles. The molecule has 1 aliphatic carbocycles. The predicted molar refractivity (Wildman–Crippen MR) is 105 cm³/mol. The number of anilines is 1. The second-order valence-corrected chi connectivity index (χ2v) is 9.39. The van der Waals surface area contributed by atoms with Gasteiger partial charge in [0, 0.05) is 20.8 Å². The molecule has 2 aromatic rings. The van der Waals surface area contributed by atoms with Gasteiger partial charge in [0.2, 0.25) is 0 Å². The van der Waals surface area contributed by atoms with E-state index in [1.807, 2.05) is 29.8 Å². The van der Waals surface area contributed by atoms with E-state index in [4.69, 9.17) is 0 Å². The largest absolute Gasteiger partial charge is 0.322 e. The predicted octanol–water partition coefficient (Wildman–Crippen LogP) is 5.87. The number of carbonyl (C=O) groups is 1. The first-order valence-electron chi connectivity index (χ1n) is 8.43. The number of hydrogen-bond donors (Lipinski definition) is 1. The van der Waals surface area contributed by atoms with E-state index in [0.717, 1.165) is 29.0 Å². The van der Waals surface area contributed by atoms with Gasteiger partial charge in [-0.05, 0) is 60.6 Å². The Morgan fingerprint density at radius 2 is 2.12 bits per heavy atom. The molecule has 1 aromatic heterocycles. The van der Waals surface area contributed by atoms with Crippen LogP contribution in [0.3, 0.4) is 0 Å². The molecule has 3 rings (SSSR count). The van der Waals surface area contributed by atoms with Crippen molar-refractivity contribution in [3.8, 4) is 0 Å². The molecule has 0 spiro atoms. The van der Waals surface area contributed by atoms with E-state index in [9.17, 15) is 4.79 Å². The van der Waals surface area contributed by atoms with E-state index in [0.29, 0.717) is 11.3 Å². The quantitative estimate of drug-likeness (QED) is 0.694. The summed E-state index contributed by atoms with van der Waals surface area (Å²) in [6.07, 6.45) is 5.35. The van der Waals surface area contributed by atoms with Crippen LogP contribution in [-0.2, 0) is 12.8 Å². The Balaban J connectivity index is 1.77. The highest BCUT2D eigenvalue weighted by Gasteiger charge is 2.31. The van der Waals surface area contributed by atoms with Crippen LogP contribution in [0.1, 0.15) is 48.0 Å². The van der Waals surface area contributed by atoms with Crippen molar-refractivity contribution in [2.75, 3.05) is 11.6 Å². The van der Waals surface area contributed by atoms with Gasteiger partial charge in [0.1, 0.15) is 0 Å². The molecule has 1 unspecified atom stereocenters. The standard InChI is InChI=1S/C20H25NOS2/c1-20(2,3)13-8-9-16-17(12-24-18(16)10-13)19(22)21-14-6-5-7-15(11-14)23-4/h5-7,11-13H,8-10H2,1-4H3,(H,21,22). The van der Waals surface area contributed by atoms with E-state index in [1.54, 1.807) is 23.1 Å². The molecule has 1 amide bonds. The highest BCUT2D eigenvalue weighted by atomic mass is 32.2. The van der Waals surface area contributed by atoms with Crippen LogP contribution in [-0.4, -0.2) is 12.2 Å². The van der Waals surface area contributed by atoms with Gasteiger partial charge in [0.15, 0.2) is 0 Å². The third-order valence-corrected chi connectivity index (χ3v) is 6.73. The lowest BCUT2D eigenvalue weighted by Crippen LogP contribution is -2.27. The number of carbonyl (C=O) groups excluding carboxylic acids is 1. The zero-order valence-corrected chi connectivity index (χ0v) is 16.4. The van der Waals surface area contributed by atoms with E-state index in [2.05, 4.69) is 32.2 Å². The molecule has 1 heterocycles. The average molecular weight is 360 g/mol. The topological polar surface area (TPSA) is 29.1 Å². The van der Waals surface area contributed by atoms with Crippen LogP contribution < -0.4 is 5.32 Å². The number of rotatable bonds is 3. The van der Waals surface area contributed by atoms with Gasteiger partial charge in [-0.2, -0.15) is 0 Å². The number of hydrogen-bond acceptors (Lipinski definition) is 3. The summed E-state index contributed by atoms with van der Waals surface area (Å²) in [5, 5.41) is 5.11. The first kappa shape index (κ1) is 17.6. The second kappa shape index (κ2) is 6.93. The first-order valence-corrected chi connectivity index (χ1v) is 10.5. The number of thiophene rings is 1. The van der Waals surface area contributed by atoms with Crippen molar-refractivity contribution in [2.24, 2.45) is 11.3 Å². The van der Waals surface area contributed by atoms with Crippen LogP contribution in [0, 0.1) is 11.3 Å². The van der Waals surface area contributed by atoms with Gasteiger partial charge in [-0.1, -0.05) is 26.8 Å². The molecule has 0 saturated carbocycles. The molecule has 4 heteroatoms. The Morgan fingerprint density at radius 3 is 2.83 bits per heavy atom. The first-order chi connectivity index (χ1) is 11.4. The minimum atomic E-state index is 0.0277. The Labute approximate surface area is 153 Å². The Kier molecular flexibility index (Phi) is 5.07. The molecule has 1 aliphatic rings. The summed E-state index contributed by atoms with van der Waals surface area (Å²) in [6.45, 7) is 6.97. The van der Waals surface area contributed by atoms with E-state index in [-0.39, 0.29) is 5.91 Å². The number of thioether (sulfide) groups is 1. The SMILES string of the molecule is CSc1cccc(NC(=O)c2csc3c2CCC(C(C)(C)C)C3)c1. The maximum absolute atomic E-state index is 12.7. The monoisotopic (exact) mass is 359 g/mol. The molecule has 1 N–H and O–H groups in total. The van der Waals surface area contributed by atoms with Crippen LogP contribution in [0.4, 0.5) is 5.69 Å². The van der Waals surface area contributed by atoms with Crippen molar-refractivity contribution in [1.29, 1.82) is 0 Å². The van der Waals surface area contributed by atoms with Crippen molar-refractivity contribution >= 4 is 34.7 Å². The Morgan fingerprint density at radius 1 is 1.33 bits per heavy atom. The second-order valence-electron chi connectivity index (χ2n) is 7.54. The van der Waals surface area contributed by atoms with Gasteiger partial charge in [0.25, 0.3) is 5.91 Å². The Hall–Kier alpha value is -1.26. The molecule has 0 bridgehead atoms. The zero-order chi connectivity index (χ0) is 17.3.